The molecule has 1 aromatic carbocycles. The Bertz CT molecular complexity index is 1110. The van der Waals surface area contributed by atoms with Gasteiger partial charge in [-0.2, -0.15) is 13.2 Å². The standard InChI is InChI=1S/C18H12F3N5O/c1-11-6-16(25-26-5-4-24-17(11)26)27-15-7-13(18(19,20)21)2-3-14(15)12-8-22-10-23-9-12/h2-10H,1H3. The molecule has 4 aromatic rings. The van der Waals surface area contributed by atoms with E-state index in [-0.39, 0.29) is 11.6 Å². The van der Waals surface area contributed by atoms with Gasteiger partial charge in [-0.3, -0.25) is 0 Å². The van der Waals surface area contributed by atoms with Crippen LogP contribution < -0.4 is 4.74 Å². The molecule has 0 saturated heterocycles. The molecule has 0 aliphatic carbocycles. The quantitative estimate of drug-likeness (QED) is 0.537. The lowest BCUT2D eigenvalue weighted by molar-refractivity contribution is -0.137. The second-order valence-corrected chi connectivity index (χ2v) is 5.80. The first-order chi connectivity index (χ1) is 12.9. The number of imidazole rings is 1. The van der Waals surface area contributed by atoms with Gasteiger partial charge in [-0.15, -0.1) is 5.10 Å². The van der Waals surface area contributed by atoms with E-state index < -0.39 is 11.7 Å². The van der Waals surface area contributed by atoms with E-state index in [4.69, 9.17) is 4.74 Å². The summed E-state index contributed by atoms with van der Waals surface area (Å²) in [6, 6.07) is 4.89. The fourth-order valence-corrected chi connectivity index (χ4v) is 2.67. The summed E-state index contributed by atoms with van der Waals surface area (Å²) in [7, 11) is 0. The van der Waals surface area contributed by atoms with Gasteiger partial charge in [0.05, 0.1) is 5.56 Å². The largest absolute Gasteiger partial charge is 0.437 e. The lowest BCUT2D eigenvalue weighted by atomic mass is 10.0. The van der Waals surface area contributed by atoms with Crippen LogP contribution in [-0.2, 0) is 6.18 Å². The highest BCUT2D eigenvalue weighted by Gasteiger charge is 2.31. The summed E-state index contributed by atoms with van der Waals surface area (Å²) in [6.07, 6.45) is 3.05. The van der Waals surface area contributed by atoms with E-state index in [1.165, 1.54) is 29.3 Å². The van der Waals surface area contributed by atoms with Crippen LogP contribution in [0, 0.1) is 6.92 Å². The molecule has 9 heteroatoms. The van der Waals surface area contributed by atoms with Crippen molar-refractivity contribution in [1.82, 2.24) is 24.6 Å². The first-order valence-electron chi connectivity index (χ1n) is 7.87. The number of halogens is 3. The summed E-state index contributed by atoms with van der Waals surface area (Å²) in [5.74, 6) is 0.154. The van der Waals surface area contributed by atoms with E-state index in [1.54, 1.807) is 18.5 Å². The van der Waals surface area contributed by atoms with Crippen LogP contribution in [0.4, 0.5) is 13.2 Å². The van der Waals surface area contributed by atoms with Crippen molar-refractivity contribution in [2.24, 2.45) is 0 Å². The molecule has 0 N–H and O–H groups in total. The molecule has 0 saturated carbocycles. The van der Waals surface area contributed by atoms with Gasteiger partial charge >= 0.3 is 6.18 Å². The Morgan fingerprint density at radius 3 is 2.59 bits per heavy atom. The van der Waals surface area contributed by atoms with Crippen LogP contribution in [0.5, 0.6) is 11.6 Å². The first-order valence-corrected chi connectivity index (χ1v) is 7.87. The Morgan fingerprint density at radius 1 is 1.07 bits per heavy atom. The van der Waals surface area contributed by atoms with E-state index in [9.17, 15) is 13.2 Å². The van der Waals surface area contributed by atoms with Crippen LogP contribution in [0.1, 0.15) is 11.1 Å². The second-order valence-electron chi connectivity index (χ2n) is 5.80. The molecule has 0 aliphatic rings. The highest BCUT2D eigenvalue weighted by molar-refractivity contribution is 5.70. The van der Waals surface area contributed by atoms with Crippen molar-refractivity contribution in [3.8, 4) is 22.8 Å². The number of rotatable bonds is 3. The predicted molar refractivity (Wildman–Crippen MR) is 90.3 cm³/mol. The maximum Gasteiger partial charge on any atom is 0.416 e. The third-order valence-electron chi connectivity index (χ3n) is 3.92. The zero-order chi connectivity index (χ0) is 19.0. The van der Waals surface area contributed by atoms with Crippen LogP contribution in [0.15, 0.2) is 55.4 Å². The van der Waals surface area contributed by atoms with E-state index in [0.29, 0.717) is 16.8 Å². The molecule has 3 aromatic heterocycles. The molecule has 0 amide bonds. The van der Waals surface area contributed by atoms with Crippen LogP contribution in [0.2, 0.25) is 0 Å². The van der Waals surface area contributed by atoms with E-state index in [1.807, 2.05) is 6.92 Å². The maximum absolute atomic E-state index is 13.2. The first kappa shape index (κ1) is 17.0. The van der Waals surface area contributed by atoms with Gasteiger partial charge in [0.2, 0.25) is 5.88 Å². The minimum absolute atomic E-state index is 0.00555. The number of alkyl halides is 3. The molecule has 136 valence electrons. The Labute approximate surface area is 151 Å². The summed E-state index contributed by atoms with van der Waals surface area (Å²) in [5, 5.41) is 4.24. The summed E-state index contributed by atoms with van der Waals surface area (Å²) in [6.45, 7) is 1.81. The number of hydrogen-bond acceptors (Lipinski definition) is 5. The number of ether oxygens (including phenoxy) is 1. The number of benzene rings is 1. The molecular formula is C18H12F3N5O. The summed E-state index contributed by atoms with van der Waals surface area (Å²) >= 11 is 0. The molecule has 0 radical (unpaired) electrons. The molecule has 6 nitrogen and oxygen atoms in total. The molecule has 0 bridgehead atoms. The summed E-state index contributed by atoms with van der Waals surface area (Å²) in [4.78, 5) is 12.0. The SMILES string of the molecule is Cc1cc(Oc2cc(C(F)(F)F)ccc2-c2cncnc2)nn2ccnc12. The lowest BCUT2D eigenvalue weighted by Crippen LogP contribution is -2.06. The van der Waals surface area contributed by atoms with Crippen molar-refractivity contribution in [3.63, 3.8) is 0 Å². The Morgan fingerprint density at radius 2 is 1.85 bits per heavy atom. The third-order valence-corrected chi connectivity index (χ3v) is 3.92. The topological polar surface area (TPSA) is 65.2 Å². The Balaban J connectivity index is 1.83. The average Bonchev–Trinajstić information content (AvgIpc) is 3.11. The fraction of sp³-hybridized carbons (Fsp3) is 0.111. The third kappa shape index (κ3) is 3.31. The fourth-order valence-electron chi connectivity index (χ4n) is 2.67. The van der Waals surface area contributed by atoms with Gasteiger partial charge in [0.25, 0.3) is 0 Å². The van der Waals surface area contributed by atoms with Gasteiger partial charge < -0.3 is 4.74 Å². The lowest BCUT2D eigenvalue weighted by Gasteiger charge is -2.14. The summed E-state index contributed by atoms with van der Waals surface area (Å²) in [5.41, 5.74) is 1.55. The molecule has 0 fully saturated rings. The van der Waals surface area contributed by atoms with Gasteiger partial charge in [0.15, 0.2) is 5.65 Å². The molecule has 0 unspecified atom stereocenters. The van der Waals surface area contributed by atoms with E-state index in [0.717, 1.165) is 17.7 Å². The number of hydrogen-bond donors (Lipinski definition) is 0. The Hall–Kier alpha value is -3.49. The highest BCUT2D eigenvalue weighted by atomic mass is 19.4. The molecule has 27 heavy (non-hydrogen) atoms. The molecule has 4 rings (SSSR count). The van der Waals surface area contributed by atoms with Crippen LogP contribution >= 0.6 is 0 Å². The van der Waals surface area contributed by atoms with Crippen LogP contribution in [0.25, 0.3) is 16.8 Å². The molecule has 3 heterocycles. The molecule has 0 spiro atoms. The normalized spacial score (nSPS) is 11.7. The predicted octanol–water partition coefficient (Wildman–Crippen LogP) is 4.31. The molecular weight excluding hydrogens is 359 g/mol. The Kier molecular flexibility index (Phi) is 3.98. The zero-order valence-electron chi connectivity index (χ0n) is 14.0. The van der Waals surface area contributed by atoms with Gasteiger partial charge in [0.1, 0.15) is 12.1 Å². The second kappa shape index (κ2) is 6.35. The van der Waals surface area contributed by atoms with Crippen molar-refractivity contribution in [3.05, 3.63) is 66.5 Å². The summed E-state index contributed by atoms with van der Waals surface area (Å²) < 4.78 is 46.7. The van der Waals surface area contributed by atoms with E-state index >= 15 is 0 Å². The van der Waals surface area contributed by atoms with Crippen LogP contribution in [-0.4, -0.2) is 24.6 Å². The van der Waals surface area contributed by atoms with Crippen molar-refractivity contribution < 1.29 is 17.9 Å². The van der Waals surface area contributed by atoms with Gasteiger partial charge in [-0.25, -0.2) is 19.5 Å². The number of nitrogens with zero attached hydrogens (tertiary/aromatic N) is 5. The maximum atomic E-state index is 13.2. The van der Waals surface area contributed by atoms with Crippen molar-refractivity contribution in [1.29, 1.82) is 0 Å². The average molecular weight is 371 g/mol. The minimum atomic E-state index is -4.50. The number of aryl methyl sites for hydroxylation is 1. The van der Waals surface area contributed by atoms with Gasteiger partial charge in [-0.1, -0.05) is 0 Å². The van der Waals surface area contributed by atoms with Crippen molar-refractivity contribution >= 4 is 5.65 Å². The molecule has 0 aliphatic heterocycles. The van der Waals surface area contributed by atoms with Gasteiger partial charge in [0, 0.05) is 42.0 Å². The zero-order valence-corrected chi connectivity index (χ0v) is 14.0. The smallest absolute Gasteiger partial charge is 0.416 e. The minimum Gasteiger partial charge on any atom is -0.437 e. The monoisotopic (exact) mass is 371 g/mol. The van der Waals surface area contributed by atoms with Crippen molar-refractivity contribution in [2.45, 2.75) is 13.1 Å². The molecule has 0 atom stereocenters. The van der Waals surface area contributed by atoms with Gasteiger partial charge in [-0.05, 0) is 30.7 Å². The number of aromatic nitrogens is 5. The van der Waals surface area contributed by atoms with E-state index in [2.05, 4.69) is 20.1 Å². The number of fused-ring (bicyclic) bond motifs is 1. The van der Waals surface area contributed by atoms with Crippen LogP contribution in [0.3, 0.4) is 0 Å². The highest BCUT2D eigenvalue weighted by Crippen LogP contribution is 2.38. The van der Waals surface area contributed by atoms with Crippen molar-refractivity contribution in [2.75, 3.05) is 0 Å².